The molecule has 0 saturated carbocycles. The standard InChI is InChI=1S/C12H19NO/c1-2-3-4-7-12(9-13)8-10-5-6-11(12)14-10/h10-11H,4-9,13H2,1H3. The molecule has 2 nitrogen and oxygen atoms in total. The SMILES string of the molecule is CC#CCCC1(CN)CC2CCC1O2. The smallest absolute Gasteiger partial charge is 0.0649 e. The Kier molecular flexibility index (Phi) is 2.80. The Morgan fingerprint density at radius 2 is 2.36 bits per heavy atom. The maximum atomic E-state index is 5.91. The zero-order valence-electron chi connectivity index (χ0n) is 8.88. The number of ether oxygens (including phenoxy) is 1. The molecule has 2 N–H and O–H groups in total. The van der Waals surface area contributed by atoms with Crippen LogP contribution in [0.1, 0.15) is 39.0 Å². The first kappa shape index (κ1) is 10.0. The molecule has 0 aromatic carbocycles. The van der Waals surface area contributed by atoms with Crippen molar-refractivity contribution >= 4 is 0 Å². The Morgan fingerprint density at radius 3 is 2.86 bits per heavy atom. The predicted molar refractivity (Wildman–Crippen MR) is 56.7 cm³/mol. The Bertz CT molecular complexity index is 265. The molecule has 0 amide bonds. The highest BCUT2D eigenvalue weighted by molar-refractivity contribution is 5.04. The molecule has 2 aliphatic heterocycles. The fourth-order valence-electron chi connectivity index (χ4n) is 2.91. The molecule has 2 fully saturated rings. The number of hydrogen-bond donors (Lipinski definition) is 1. The Morgan fingerprint density at radius 1 is 1.50 bits per heavy atom. The lowest BCUT2D eigenvalue weighted by Gasteiger charge is -2.33. The molecule has 2 rings (SSSR count). The second kappa shape index (κ2) is 3.92. The van der Waals surface area contributed by atoms with Crippen LogP contribution in [0.3, 0.4) is 0 Å². The monoisotopic (exact) mass is 193 g/mol. The molecular formula is C12H19NO. The fourth-order valence-corrected chi connectivity index (χ4v) is 2.91. The van der Waals surface area contributed by atoms with E-state index in [-0.39, 0.29) is 5.41 Å². The van der Waals surface area contributed by atoms with Crippen molar-refractivity contribution in [3.63, 3.8) is 0 Å². The third kappa shape index (κ3) is 1.55. The van der Waals surface area contributed by atoms with Crippen LogP contribution >= 0.6 is 0 Å². The van der Waals surface area contributed by atoms with E-state index in [1.54, 1.807) is 0 Å². The van der Waals surface area contributed by atoms with E-state index in [0.717, 1.165) is 19.4 Å². The molecule has 0 aromatic rings. The molecule has 0 aliphatic carbocycles. The second-order valence-electron chi connectivity index (χ2n) is 4.52. The van der Waals surface area contributed by atoms with E-state index < -0.39 is 0 Å². The number of rotatable bonds is 3. The Hall–Kier alpha value is -0.520. The van der Waals surface area contributed by atoms with Crippen molar-refractivity contribution in [3.05, 3.63) is 0 Å². The second-order valence-corrected chi connectivity index (χ2v) is 4.52. The first-order chi connectivity index (χ1) is 6.80. The topological polar surface area (TPSA) is 35.2 Å². The summed E-state index contributed by atoms with van der Waals surface area (Å²) in [6.07, 6.45) is 6.63. The van der Waals surface area contributed by atoms with Gasteiger partial charge in [-0.2, -0.15) is 0 Å². The number of hydrogen-bond acceptors (Lipinski definition) is 2. The van der Waals surface area contributed by atoms with Crippen LogP contribution in [0, 0.1) is 17.3 Å². The molecule has 2 saturated heterocycles. The van der Waals surface area contributed by atoms with Gasteiger partial charge in [0.2, 0.25) is 0 Å². The lowest BCUT2D eigenvalue weighted by atomic mass is 9.71. The van der Waals surface area contributed by atoms with Gasteiger partial charge in [0.1, 0.15) is 0 Å². The molecule has 78 valence electrons. The number of fused-ring (bicyclic) bond motifs is 2. The summed E-state index contributed by atoms with van der Waals surface area (Å²) in [7, 11) is 0. The summed E-state index contributed by atoms with van der Waals surface area (Å²) in [4.78, 5) is 0. The van der Waals surface area contributed by atoms with E-state index in [4.69, 9.17) is 10.5 Å². The summed E-state index contributed by atoms with van der Waals surface area (Å²) >= 11 is 0. The van der Waals surface area contributed by atoms with Crippen molar-refractivity contribution in [1.82, 2.24) is 0 Å². The maximum absolute atomic E-state index is 5.91. The highest BCUT2D eigenvalue weighted by Crippen LogP contribution is 2.49. The van der Waals surface area contributed by atoms with E-state index in [0.29, 0.717) is 12.2 Å². The van der Waals surface area contributed by atoms with Gasteiger partial charge in [0, 0.05) is 18.4 Å². The van der Waals surface area contributed by atoms with Crippen molar-refractivity contribution in [2.45, 2.75) is 51.2 Å². The highest BCUT2D eigenvalue weighted by atomic mass is 16.5. The summed E-state index contributed by atoms with van der Waals surface area (Å²) in [6.45, 7) is 2.66. The van der Waals surface area contributed by atoms with Crippen LogP contribution in [0.4, 0.5) is 0 Å². The van der Waals surface area contributed by atoms with Crippen LogP contribution in [0.15, 0.2) is 0 Å². The van der Waals surface area contributed by atoms with Crippen LogP contribution in [0.2, 0.25) is 0 Å². The largest absolute Gasteiger partial charge is 0.374 e. The molecule has 14 heavy (non-hydrogen) atoms. The Balaban J connectivity index is 1.99. The van der Waals surface area contributed by atoms with Crippen molar-refractivity contribution in [2.75, 3.05) is 6.54 Å². The van der Waals surface area contributed by atoms with Gasteiger partial charge in [0.05, 0.1) is 12.2 Å². The fraction of sp³-hybridized carbons (Fsp3) is 0.833. The van der Waals surface area contributed by atoms with Gasteiger partial charge in [-0.15, -0.1) is 11.8 Å². The minimum absolute atomic E-state index is 0.257. The minimum atomic E-state index is 0.257. The van der Waals surface area contributed by atoms with Crippen LogP contribution < -0.4 is 5.73 Å². The first-order valence-electron chi connectivity index (χ1n) is 5.56. The summed E-state index contributed by atoms with van der Waals surface area (Å²) in [5, 5.41) is 0. The van der Waals surface area contributed by atoms with Crippen molar-refractivity contribution in [3.8, 4) is 11.8 Å². The van der Waals surface area contributed by atoms with Gasteiger partial charge in [-0.05, 0) is 32.6 Å². The zero-order valence-corrected chi connectivity index (χ0v) is 8.88. The molecule has 0 radical (unpaired) electrons. The number of nitrogens with two attached hydrogens (primary N) is 1. The van der Waals surface area contributed by atoms with E-state index in [1.807, 2.05) is 6.92 Å². The van der Waals surface area contributed by atoms with Gasteiger partial charge in [-0.3, -0.25) is 0 Å². The van der Waals surface area contributed by atoms with Crippen LogP contribution in [-0.2, 0) is 4.74 Å². The van der Waals surface area contributed by atoms with E-state index in [1.165, 1.54) is 19.3 Å². The molecule has 2 aliphatic rings. The quantitative estimate of drug-likeness (QED) is 0.692. The molecule has 3 unspecified atom stereocenters. The van der Waals surface area contributed by atoms with Crippen molar-refractivity contribution in [2.24, 2.45) is 11.1 Å². The van der Waals surface area contributed by atoms with E-state index >= 15 is 0 Å². The summed E-state index contributed by atoms with van der Waals surface area (Å²) in [5.74, 6) is 6.08. The van der Waals surface area contributed by atoms with Gasteiger partial charge in [-0.25, -0.2) is 0 Å². The summed E-state index contributed by atoms with van der Waals surface area (Å²) < 4.78 is 5.88. The van der Waals surface area contributed by atoms with Gasteiger partial charge in [0.25, 0.3) is 0 Å². The van der Waals surface area contributed by atoms with Gasteiger partial charge >= 0.3 is 0 Å². The van der Waals surface area contributed by atoms with Crippen molar-refractivity contribution < 1.29 is 4.74 Å². The maximum Gasteiger partial charge on any atom is 0.0649 e. The van der Waals surface area contributed by atoms with E-state index in [2.05, 4.69) is 11.8 Å². The third-order valence-corrected chi connectivity index (χ3v) is 3.76. The Labute approximate surface area is 86.2 Å². The summed E-state index contributed by atoms with van der Waals surface area (Å²) in [6, 6.07) is 0. The lowest BCUT2D eigenvalue weighted by molar-refractivity contribution is 0.0606. The van der Waals surface area contributed by atoms with Crippen molar-refractivity contribution in [1.29, 1.82) is 0 Å². The molecule has 2 heterocycles. The molecular weight excluding hydrogens is 174 g/mol. The predicted octanol–water partition coefficient (Wildman–Crippen LogP) is 1.69. The van der Waals surface area contributed by atoms with Crippen LogP contribution in [0.5, 0.6) is 0 Å². The molecule has 2 heteroatoms. The summed E-state index contributed by atoms with van der Waals surface area (Å²) in [5.41, 5.74) is 6.17. The third-order valence-electron chi connectivity index (χ3n) is 3.76. The lowest BCUT2D eigenvalue weighted by Crippen LogP contribution is -2.39. The average Bonchev–Trinajstić information content (AvgIpc) is 2.78. The highest BCUT2D eigenvalue weighted by Gasteiger charge is 2.50. The van der Waals surface area contributed by atoms with Gasteiger partial charge < -0.3 is 10.5 Å². The van der Waals surface area contributed by atoms with Crippen LogP contribution in [0.25, 0.3) is 0 Å². The van der Waals surface area contributed by atoms with Gasteiger partial charge in [-0.1, -0.05) is 0 Å². The van der Waals surface area contributed by atoms with Gasteiger partial charge in [0.15, 0.2) is 0 Å². The van der Waals surface area contributed by atoms with E-state index in [9.17, 15) is 0 Å². The van der Waals surface area contributed by atoms with Crippen LogP contribution in [-0.4, -0.2) is 18.8 Å². The normalized spacial score (nSPS) is 39.6. The molecule has 0 spiro atoms. The first-order valence-corrected chi connectivity index (χ1v) is 5.56. The molecule has 2 bridgehead atoms. The zero-order chi connectivity index (χ0) is 10.0. The minimum Gasteiger partial charge on any atom is -0.374 e. The average molecular weight is 193 g/mol. The molecule has 3 atom stereocenters. The molecule has 0 aromatic heterocycles.